The second kappa shape index (κ2) is 7.19. The van der Waals surface area contributed by atoms with Crippen molar-refractivity contribution < 1.29 is 17.7 Å². The predicted octanol–water partition coefficient (Wildman–Crippen LogP) is 1.57. The third-order valence-electron chi connectivity index (χ3n) is 4.25. The first-order valence-electron chi connectivity index (χ1n) is 7.79. The van der Waals surface area contributed by atoms with Gasteiger partial charge in [0.1, 0.15) is 12.4 Å². The zero-order valence-electron chi connectivity index (χ0n) is 13.1. The second-order valence-electron chi connectivity index (χ2n) is 5.91. The molecule has 4 nitrogen and oxygen atoms in total. The van der Waals surface area contributed by atoms with E-state index in [1.165, 1.54) is 33.5 Å². The van der Waals surface area contributed by atoms with Gasteiger partial charge >= 0.3 is 0 Å². The van der Waals surface area contributed by atoms with Crippen molar-refractivity contribution in [2.45, 2.75) is 11.4 Å². The van der Waals surface area contributed by atoms with E-state index in [2.05, 4.69) is 0 Å². The van der Waals surface area contributed by atoms with Crippen molar-refractivity contribution in [3.05, 3.63) is 64.9 Å². The minimum absolute atomic E-state index is 0.243. The Morgan fingerprint density at radius 1 is 1.00 bits per heavy atom. The number of piperazine rings is 1. The molecule has 0 aliphatic carbocycles. The number of nitrogens with zero attached hydrogens (tertiary/aromatic N) is 1. The Kier molecular flexibility index (Phi) is 5.20. The second-order valence-corrected chi connectivity index (χ2v) is 8.29. The quantitative estimate of drug-likeness (QED) is 0.888. The summed E-state index contributed by atoms with van der Waals surface area (Å²) in [6.45, 7) is 3.17. The summed E-state index contributed by atoms with van der Waals surface area (Å²) < 4.78 is 39.7. The van der Waals surface area contributed by atoms with Gasteiger partial charge in [0, 0.05) is 10.6 Å². The Bertz CT molecular complexity index is 786. The fourth-order valence-corrected chi connectivity index (χ4v) is 4.43. The van der Waals surface area contributed by atoms with Gasteiger partial charge < -0.3 is 4.90 Å². The molecule has 24 heavy (non-hydrogen) atoms. The number of nitrogens with one attached hydrogen (secondary N) is 1. The number of sulfonamides is 1. The van der Waals surface area contributed by atoms with E-state index in [1.807, 2.05) is 0 Å². The molecule has 1 fully saturated rings. The average molecular weight is 370 g/mol. The van der Waals surface area contributed by atoms with Crippen LogP contribution in [-0.4, -0.2) is 38.9 Å². The number of benzene rings is 2. The number of hydrogen-bond acceptors (Lipinski definition) is 2. The van der Waals surface area contributed by atoms with E-state index >= 15 is 0 Å². The van der Waals surface area contributed by atoms with Crippen LogP contribution in [0.4, 0.5) is 4.39 Å². The van der Waals surface area contributed by atoms with E-state index in [9.17, 15) is 12.8 Å². The highest BCUT2D eigenvalue weighted by Crippen LogP contribution is 2.18. The van der Waals surface area contributed by atoms with Crippen LogP contribution in [0.2, 0.25) is 5.02 Å². The van der Waals surface area contributed by atoms with Gasteiger partial charge in [0.05, 0.1) is 31.1 Å². The summed E-state index contributed by atoms with van der Waals surface area (Å²) in [7, 11) is -3.47. The first-order valence-corrected chi connectivity index (χ1v) is 9.61. The third-order valence-corrected chi connectivity index (χ3v) is 6.41. The first-order chi connectivity index (χ1) is 11.4. The molecule has 0 spiro atoms. The van der Waals surface area contributed by atoms with Crippen LogP contribution < -0.4 is 4.90 Å². The van der Waals surface area contributed by atoms with Crippen molar-refractivity contribution in [1.82, 2.24) is 4.31 Å². The van der Waals surface area contributed by atoms with Gasteiger partial charge in [-0.1, -0.05) is 23.7 Å². The monoisotopic (exact) mass is 369 g/mol. The topological polar surface area (TPSA) is 41.8 Å². The van der Waals surface area contributed by atoms with Crippen LogP contribution in [0.1, 0.15) is 5.56 Å². The van der Waals surface area contributed by atoms with Crippen molar-refractivity contribution in [1.29, 1.82) is 0 Å². The molecule has 1 aliphatic heterocycles. The molecule has 0 unspecified atom stereocenters. The van der Waals surface area contributed by atoms with Gasteiger partial charge in [-0.15, -0.1) is 0 Å². The molecular weight excluding hydrogens is 351 g/mol. The molecule has 2 aromatic carbocycles. The molecule has 0 bridgehead atoms. The molecule has 1 aliphatic rings. The minimum Gasteiger partial charge on any atom is -0.329 e. The summed E-state index contributed by atoms with van der Waals surface area (Å²) >= 11 is 5.82. The highest BCUT2D eigenvalue weighted by molar-refractivity contribution is 7.89. The van der Waals surface area contributed by atoms with Gasteiger partial charge in [-0.05, 0) is 36.4 Å². The largest absolute Gasteiger partial charge is 0.329 e. The summed E-state index contributed by atoms with van der Waals surface area (Å²) in [6.07, 6.45) is 0. The molecule has 2 aromatic rings. The third kappa shape index (κ3) is 3.95. The molecular formula is C17H19ClFN2O2S+. The maximum Gasteiger partial charge on any atom is 0.243 e. The summed E-state index contributed by atoms with van der Waals surface area (Å²) in [5.41, 5.74) is 1.06. The summed E-state index contributed by atoms with van der Waals surface area (Å²) in [6, 6.07) is 12.7. The lowest BCUT2D eigenvalue weighted by molar-refractivity contribution is -0.917. The zero-order valence-corrected chi connectivity index (χ0v) is 14.7. The van der Waals surface area contributed by atoms with Crippen LogP contribution in [0, 0.1) is 5.82 Å². The molecule has 3 rings (SSSR count). The van der Waals surface area contributed by atoms with E-state index in [4.69, 9.17) is 11.6 Å². The molecule has 0 atom stereocenters. The van der Waals surface area contributed by atoms with Crippen molar-refractivity contribution in [2.75, 3.05) is 26.2 Å². The van der Waals surface area contributed by atoms with E-state index in [0.29, 0.717) is 18.1 Å². The van der Waals surface area contributed by atoms with Gasteiger partial charge in [0.25, 0.3) is 0 Å². The predicted molar refractivity (Wildman–Crippen MR) is 91.0 cm³/mol. The van der Waals surface area contributed by atoms with Crippen LogP contribution >= 0.6 is 11.6 Å². The molecule has 0 saturated carbocycles. The molecule has 0 aromatic heterocycles. The molecule has 1 N–H and O–H groups in total. The van der Waals surface area contributed by atoms with E-state index < -0.39 is 10.0 Å². The number of quaternary nitrogens is 1. The van der Waals surface area contributed by atoms with E-state index in [-0.39, 0.29) is 10.7 Å². The van der Waals surface area contributed by atoms with Gasteiger partial charge in [-0.3, -0.25) is 0 Å². The maximum absolute atomic E-state index is 12.9. The molecule has 1 saturated heterocycles. The van der Waals surface area contributed by atoms with Crippen LogP contribution in [0.25, 0.3) is 0 Å². The minimum atomic E-state index is -3.47. The Balaban J connectivity index is 1.62. The summed E-state index contributed by atoms with van der Waals surface area (Å²) in [5.74, 6) is -0.243. The van der Waals surface area contributed by atoms with Crippen LogP contribution in [0.5, 0.6) is 0 Å². The zero-order chi connectivity index (χ0) is 17.2. The van der Waals surface area contributed by atoms with Crippen molar-refractivity contribution in [3.8, 4) is 0 Å². The van der Waals surface area contributed by atoms with E-state index in [0.717, 1.165) is 25.2 Å². The first kappa shape index (κ1) is 17.4. The van der Waals surface area contributed by atoms with Crippen molar-refractivity contribution in [3.63, 3.8) is 0 Å². The Labute approximate surface area is 146 Å². The fourth-order valence-electron chi connectivity index (χ4n) is 2.87. The molecule has 0 radical (unpaired) electrons. The highest BCUT2D eigenvalue weighted by Gasteiger charge is 2.30. The summed E-state index contributed by atoms with van der Waals surface area (Å²) in [5, 5.41) is 0.516. The average Bonchev–Trinajstić information content (AvgIpc) is 2.58. The van der Waals surface area contributed by atoms with Crippen LogP contribution in [-0.2, 0) is 16.6 Å². The lowest BCUT2D eigenvalue weighted by Gasteiger charge is -2.31. The molecule has 1 heterocycles. The molecule has 7 heteroatoms. The lowest BCUT2D eigenvalue weighted by atomic mass is 10.2. The lowest BCUT2D eigenvalue weighted by Crippen LogP contribution is -3.13. The van der Waals surface area contributed by atoms with Crippen LogP contribution in [0.3, 0.4) is 0 Å². The fraction of sp³-hybridized carbons (Fsp3) is 0.294. The van der Waals surface area contributed by atoms with Gasteiger partial charge in [-0.25, -0.2) is 12.8 Å². The molecule has 128 valence electrons. The van der Waals surface area contributed by atoms with Crippen molar-refractivity contribution in [2.24, 2.45) is 0 Å². The maximum atomic E-state index is 12.9. The van der Waals surface area contributed by atoms with Crippen LogP contribution in [0.15, 0.2) is 53.4 Å². The van der Waals surface area contributed by atoms with E-state index in [1.54, 1.807) is 24.3 Å². The smallest absolute Gasteiger partial charge is 0.243 e. The summed E-state index contributed by atoms with van der Waals surface area (Å²) in [4.78, 5) is 1.57. The van der Waals surface area contributed by atoms with Gasteiger partial charge in [0.2, 0.25) is 10.0 Å². The Hall–Kier alpha value is -1.47. The number of hydrogen-bond donors (Lipinski definition) is 1. The number of halogens is 2. The van der Waals surface area contributed by atoms with Gasteiger partial charge in [0.15, 0.2) is 0 Å². The SMILES string of the molecule is O=S(=O)(c1ccc(Cl)cc1)N1CC[NH+](Cc2ccc(F)cc2)CC1. The Morgan fingerprint density at radius 2 is 1.58 bits per heavy atom. The molecule has 0 amide bonds. The highest BCUT2D eigenvalue weighted by atomic mass is 35.5. The Morgan fingerprint density at radius 3 is 2.17 bits per heavy atom. The van der Waals surface area contributed by atoms with Gasteiger partial charge in [-0.2, -0.15) is 4.31 Å². The number of rotatable bonds is 4. The standard InChI is InChI=1S/C17H18ClFN2O2S/c18-15-3-7-17(8-4-15)24(22,23)21-11-9-20(10-12-21)13-14-1-5-16(19)6-2-14/h1-8H,9-13H2/p+1. The normalized spacial score (nSPS) is 17.1. The van der Waals surface area contributed by atoms with Crippen molar-refractivity contribution >= 4 is 21.6 Å².